The number of benzene rings is 1. The third kappa shape index (κ3) is 5.36. The largest absolute Gasteiger partial charge is 0.396 e. The zero-order valence-electron chi connectivity index (χ0n) is 16.4. The summed E-state index contributed by atoms with van der Waals surface area (Å²) in [4.78, 5) is 41.9. The molecule has 1 aromatic carbocycles. The molecule has 1 fully saturated rings. The Balaban J connectivity index is 1.74. The van der Waals surface area contributed by atoms with Crippen molar-refractivity contribution in [2.75, 3.05) is 6.61 Å². The maximum atomic E-state index is 12.8. The predicted octanol–water partition coefficient (Wildman–Crippen LogP) is 2.03. The van der Waals surface area contributed by atoms with E-state index in [1.165, 1.54) is 4.57 Å². The number of hydrogen-bond acceptors (Lipinski definition) is 6. The van der Waals surface area contributed by atoms with Crippen LogP contribution in [0.3, 0.4) is 0 Å². The van der Waals surface area contributed by atoms with Gasteiger partial charge in [0.1, 0.15) is 0 Å². The van der Waals surface area contributed by atoms with Gasteiger partial charge in [-0.1, -0.05) is 36.7 Å². The second-order valence-electron chi connectivity index (χ2n) is 7.15. The van der Waals surface area contributed by atoms with E-state index in [1.807, 2.05) is 0 Å². The Morgan fingerprint density at radius 2 is 2.03 bits per heavy atom. The first-order valence-electron chi connectivity index (χ1n) is 9.88. The summed E-state index contributed by atoms with van der Waals surface area (Å²) >= 11 is 1.12. The lowest BCUT2D eigenvalue weighted by Gasteiger charge is -2.17. The van der Waals surface area contributed by atoms with E-state index in [1.54, 1.807) is 31.2 Å². The van der Waals surface area contributed by atoms with E-state index < -0.39 is 17.2 Å². The first kappa shape index (κ1) is 21.3. The first-order valence-corrected chi connectivity index (χ1v) is 10.8. The number of fused-ring (bicyclic) bond motifs is 1. The lowest BCUT2D eigenvalue weighted by molar-refractivity contribution is -0.119. The summed E-state index contributed by atoms with van der Waals surface area (Å²) in [6.45, 7) is 1.91. The molecule has 3 N–H and O–H groups in total. The van der Waals surface area contributed by atoms with Gasteiger partial charge in [0.25, 0.3) is 5.56 Å². The molecule has 9 heteroatoms. The predicted molar refractivity (Wildman–Crippen MR) is 112 cm³/mol. The number of aromatic nitrogens is 2. The minimum absolute atomic E-state index is 0.0548. The fraction of sp³-hybridized carbons (Fsp3) is 0.500. The number of nitrogens with zero attached hydrogens (tertiary/aromatic N) is 2. The summed E-state index contributed by atoms with van der Waals surface area (Å²) in [5.41, 5.74) is 0.338. The number of aliphatic hydroxyl groups is 1. The summed E-state index contributed by atoms with van der Waals surface area (Å²) in [7, 11) is 0. The van der Waals surface area contributed by atoms with Gasteiger partial charge in [0, 0.05) is 19.2 Å². The van der Waals surface area contributed by atoms with E-state index in [4.69, 9.17) is 5.11 Å². The van der Waals surface area contributed by atoms with Crippen LogP contribution in [0, 0.1) is 0 Å². The molecule has 1 atom stereocenters. The zero-order chi connectivity index (χ0) is 20.8. The van der Waals surface area contributed by atoms with E-state index in [9.17, 15) is 14.4 Å². The van der Waals surface area contributed by atoms with Crippen LogP contribution in [0.5, 0.6) is 0 Å². The molecule has 0 saturated heterocycles. The van der Waals surface area contributed by atoms with Crippen molar-refractivity contribution in [2.45, 2.75) is 62.0 Å². The number of urea groups is 1. The van der Waals surface area contributed by atoms with Gasteiger partial charge in [0.2, 0.25) is 5.91 Å². The van der Waals surface area contributed by atoms with Crippen molar-refractivity contribution in [3.05, 3.63) is 34.6 Å². The van der Waals surface area contributed by atoms with Crippen LogP contribution < -0.4 is 16.2 Å². The van der Waals surface area contributed by atoms with Gasteiger partial charge >= 0.3 is 6.03 Å². The van der Waals surface area contributed by atoms with E-state index >= 15 is 0 Å². The van der Waals surface area contributed by atoms with Crippen molar-refractivity contribution in [1.82, 2.24) is 20.2 Å². The summed E-state index contributed by atoms with van der Waals surface area (Å²) < 4.78 is 1.48. The number of hydrogen-bond donors (Lipinski definition) is 3. The molecule has 0 bridgehead atoms. The first-order chi connectivity index (χ1) is 14.0. The maximum Gasteiger partial charge on any atom is 0.321 e. The Hall–Kier alpha value is -2.39. The Morgan fingerprint density at radius 1 is 1.31 bits per heavy atom. The van der Waals surface area contributed by atoms with Crippen LogP contribution in [0.1, 0.15) is 39.0 Å². The highest BCUT2D eigenvalue weighted by Crippen LogP contribution is 2.23. The molecule has 1 aliphatic rings. The highest BCUT2D eigenvalue weighted by Gasteiger charge is 2.23. The van der Waals surface area contributed by atoms with Crippen molar-refractivity contribution in [3.63, 3.8) is 0 Å². The number of aliphatic hydroxyl groups excluding tert-OH is 1. The molecule has 8 nitrogen and oxygen atoms in total. The van der Waals surface area contributed by atoms with E-state index in [-0.39, 0.29) is 18.2 Å². The highest BCUT2D eigenvalue weighted by atomic mass is 32.2. The fourth-order valence-corrected chi connectivity index (χ4v) is 4.32. The molecule has 3 rings (SSSR count). The van der Waals surface area contributed by atoms with Crippen LogP contribution in [-0.4, -0.2) is 44.5 Å². The molecule has 1 aliphatic carbocycles. The summed E-state index contributed by atoms with van der Waals surface area (Å²) in [6, 6.07) is 6.66. The van der Waals surface area contributed by atoms with Crippen LogP contribution in [0.2, 0.25) is 0 Å². The SMILES string of the molecule is C[C@H](Sc1nc2ccccc2c(=O)n1CCCO)C(=O)NC(=O)NC1CCCC1. The molecule has 0 unspecified atom stereocenters. The average Bonchev–Trinajstić information content (AvgIpc) is 3.20. The second-order valence-corrected chi connectivity index (χ2v) is 8.46. The number of rotatable bonds is 7. The molecule has 1 saturated carbocycles. The normalized spacial score (nSPS) is 15.4. The van der Waals surface area contributed by atoms with Crippen LogP contribution >= 0.6 is 11.8 Å². The van der Waals surface area contributed by atoms with Gasteiger partial charge in [-0.05, 0) is 38.3 Å². The van der Waals surface area contributed by atoms with Gasteiger partial charge in [0.15, 0.2) is 5.16 Å². The lowest BCUT2D eigenvalue weighted by Crippen LogP contribution is -2.46. The van der Waals surface area contributed by atoms with Crippen molar-refractivity contribution < 1.29 is 14.7 Å². The molecule has 3 amide bonds. The molecule has 1 heterocycles. The van der Waals surface area contributed by atoms with E-state index in [2.05, 4.69) is 15.6 Å². The Morgan fingerprint density at radius 3 is 2.76 bits per heavy atom. The molecule has 0 aliphatic heterocycles. The third-order valence-electron chi connectivity index (χ3n) is 4.94. The van der Waals surface area contributed by atoms with Gasteiger partial charge in [-0.15, -0.1) is 0 Å². The summed E-state index contributed by atoms with van der Waals surface area (Å²) in [6.07, 6.45) is 4.44. The summed E-state index contributed by atoms with van der Waals surface area (Å²) in [5.74, 6) is -0.443. The highest BCUT2D eigenvalue weighted by molar-refractivity contribution is 8.00. The van der Waals surface area contributed by atoms with E-state index in [0.717, 1.165) is 37.4 Å². The fourth-order valence-electron chi connectivity index (χ4n) is 3.38. The Kier molecular flexibility index (Phi) is 7.27. The minimum Gasteiger partial charge on any atom is -0.396 e. The van der Waals surface area contributed by atoms with Gasteiger partial charge < -0.3 is 10.4 Å². The number of carbonyl (C=O) groups is 2. The molecule has 2 aromatic rings. The molecule has 1 aromatic heterocycles. The lowest BCUT2D eigenvalue weighted by atomic mass is 10.2. The number of nitrogens with one attached hydrogen (secondary N) is 2. The maximum absolute atomic E-state index is 12.8. The summed E-state index contributed by atoms with van der Waals surface area (Å²) in [5, 5.41) is 14.6. The van der Waals surface area contributed by atoms with E-state index in [0.29, 0.717) is 29.0 Å². The molecule has 0 radical (unpaired) electrons. The monoisotopic (exact) mass is 418 g/mol. The van der Waals surface area contributed by atoms with Gasteiger partial charge in [-0.25, -0.2) is 9.78 Å². The molecule has 156 valence electrons. The number of para-hydroxylation sites is 1. The quantitative estimate of drug-likeness (QED) is 0.468. The average molecular weight is 419 g/mol. The van der Waals surface area contributed by atoms with Crippen molar-refractivity contribution in [2.24, 2.45) is 0 Å². The van der Waals surface area contributed by atoms with Crippen molar-refractivity contribution in [1.29, 1.82) is 0 Å². The minimum atomic E-state index is -0.627. The number of amides is 3. The Labute approximate surface area is 173 Å². The van der Waals surface area contributed by atoms with Crippen LogP contribution in [0.25, 0.3) is 10.9 Å². The molecule has 29 heavy (non-hydrogen) atoms. The van der Waals surface area contributed by atoms with Gasteiger partial charge in [0.05, 0.1) is 16.2 Å². The molecule has 0 spiro atoms. The van der Waals surface area contributed by atoms with Gasteiger partial charge in [-0.2, -0.15) is 0 Å². The smallest absolute Gasteiger partial charge is 0.321 e. The number of carbonyl (C=O) groups excluding carboxylic acids is 2. The molecular formula is C20H26N4O4S. The standard InChI is InChI=1S/C20H26N4O4S/c1-13(17(26)23-19(28)21-14-7-2-3-8-14)29-20-22-16-10-5-4-9-15(16)18(27)24(20)11-6-12-25/h4-5,9-10,13-14,25H,2-3,6-8,11-12H2,1H3,(H2,21,23,26,28)/t13-/m0/s1. The number of thioether (sulfide) groups is 1. The third-order valence-corrected chi connectivity index (χ3v) is 6.04. The van der Waals surface area contributed by atoms with Crippen LogP contribution in [-0.2, 0) is 11.3 Å². The van der Waals surface area contributed by atoms with Crippen LogP contribution in [0.15, 0.2) is 34.2 Å². The zero-order valence-corrected chi connectivity index (χ0v) is 17.2. The topological polar surface area (TPSA) is 113 Å². The molecular weight excluding hydrogens is 392 g/mol. The Bertz CT molecular complexity index is 940. The van der Waals surface area contributed by atoms with Gasteiger partial charge in [-0.3, -0.25) is 19.5 Å². The van der Waals surface area contributed by atoms with Crippen molar-refractivity contribution in [3.8, 4) is 0 Å². The van der Waals surface area contributed by atoms with Crippen molar-refractivity contribution >= 4 is 34.6 Å². The number of imide groups is 1. The second kappa shape index (κ2) is 9.89. The van der Waals surface area contributed by atoms with Crippen LogP contribution in [0.4, 0.5) is 4.79 Å².